The predicted octanol–water partition coefficient (Wildman–Crippen LogP) is 2.39. The first kappa shape index (κ1) is 9.91. The van der Waals surface area contributed by atoms with E-state index in [1.54, 1.807) is 0 Å². The molecule has 1 rings (SSSR count). The van der Waals surface area contributed by atoms with Crippen LogP contribution in [0, 0.1) is 22.9 Å². The van der Waals surface area contributed by atoms with Gasteiger partial charge in [-0.05, 0) is 34.5 Å². The lowest BCUT2D eigenvalue weighted by Gasteiger charge is -2.03. The van der Waals surface area contributed by atoms with Crippen LogP contribution in [0.3, 0.4) is 0 Å². The quantitative estimate of drug-likeness (QED) is 0.472. The van der Waals surface area contributed by atoms with Gasteiger partial charge in [0, 0.05) is 4.47 Å². The molecule has 0 bridgehead atoms. The van der Waals surface area contributed by atoms with Crippen LogP contribution >= 0.6 is 15.9 Å². The van der Waals surface area contributed by atoms with Crippen LogP contribution in [0.4, 0.5) is 15.8 Å². The van der Waals surface area contributed by atoms with Crippen LogP contribution in [-0.4, -0.2) is 4.92 Å². The molecule has 0 saturated heterocycles. The zero-order valence-electron chi connectivity index (χ0n) is 6.67. The highest BCUT2D eigenvalue weighted by molar-refractivity contribution is 9.10. The number of hydrogen-bond acceptors (Lipinski definition) is 3. The summed E-state index contributed by atoms with van der Waals surface area (Å²) in [5.74, 6) is -0.884. The summed E-state index contributed by atoms with van der Waals surface area (Å²) in [6.07, 6.45) is 0. The number of halogens is 2. The van der Waals surface area contributed by atoms with Gasteiger partial charge in [-0.25, -0.2) is 0 Å². The Hall–Kier alpha value is -1.17. The van der Waals surface area contributed by atoms with Crippen LogP contribution in [0.1, 0.15) is 5.56 Å². The number of nitrogen functional groups attached to an aromatic ring is 1. The minimum absolute atomic E-state index is 0.187. The van der Waals surface area contributed by atoms with Gasteiger partial charge in [-0.3, -0.25) is 10.1 Å². The average Bonchev–Trinajstić information content (AvgIpc) is 2.01. The molecule has 1 aromatic rings. The van der Waals surface area contributed by atoms with E-state index in [1.807, 2.05) is 0 Å². The maximum atomic E-state index is 13.2. The number of nitro groups is 1. The molecule has 0 spiro atoms. The summed E-state index contributed by atoms with van der Waals surface area (Å²) < 4.78 is 13.5. The number of anilines is 1. The predicted molar refractivity (Wildman–Crippen MR) is 49.9 cm³/mol. The zero-order valence-corrected chi connectivity index (χ0v) is 8.26. The first-order chi connectivity index (χ1) is 5.95. The van der Waals surface area contributed by atoms with E-state index in [4.69, 9.17) is 5.73 Å². The molecule has 0 fully saturated rings. The highest BCUT2D eigenvalue weighted by Gasteiger charge is 2.22. The topological polar surface area (TPSA) is 69.2 Å². The summed E-state index contributed by atoms with van der Waals surface area (Å²) in [5, 5.41) is 10.4. The van der Waals surface area contributed by atoms with E-state index in [0.717, 1.165) is 0 Å². The first-order valence-corrected chi connectivity index (χ1v) is 4.13. The molecule has 0 atom stereocenters. The number of benzene rings is 1. The smallest absolute Gasteiger partial charge is 0.328 e. The molecule has 0 aliphatic carbocycles. The van der Waals surface area contributed by atoms with Crippen molar-refractivity contribution < 1.29 is 9.31 Å². The van der Waals surface area contributed by atoms with Crippen molar-refractivity contribution in [2.45, 2.75) is 6.92 Å². The molecule has 0 aliphatic rings. The van der Waals surface area contributed by atoms with Crippen molar-refractivity contribution in [1.29, 1.82) is 0 Å². The van der Waals surface area contributed by atoms with E-state index < -0.39 is 16.4 Å². The standard InChI is InChI=1S/C7H6BrFN2O2/c1-3-2-4(8)6(10)7(5(3)9)11(12)13/h2H,10H2,1H3. The molecule has 0 unspecified atom stereocenters. The van der Waals surface area contributed by atoms with E-state index >= 15 is 0 Å². The van der Waals surface area contributed by atoms with Gasteiger partial charge in [-0.2, -0.15) is 4.39 Å². The van der Waals surface area contributed by atoms with Gasteiger partial charge in [-0.15, -0.1) is 0 Å². The van der Waals surface area contributed by atoms with Crippen molar-refractivity contribution in [3.8, 4) is 0 Å². The Morgan fingerprint density at radius 1 is 1.69 bits per heavy atom. The zero-order chi connectivity index (χ0) is 10.2. The fourth-order valence-electron chi connectivity index (χ4n) is 0.928. The van der Waals surface area contributed by atoms with Crippen molar-refractivity contribution in [2.24, 2.45) is 0 Å². The maximum Gasteiger partial charge on any atom is 0.328 e. The van der Waals surface area contributed by atoms with E-state index in [-0.39, 0.29) is 11.3 Å². The van der Waals surface area contributed by atoms with Crippen molar-refractivity contribution in [3.05, 3.63) is 32.0 Å². The summed E-state index contributed by atoms with van der Waals surface area (Å²) in [4.78, 5) is 9.58. The Balaban J connectivity index is 3.56. The van der Waals surface area contributed by atoms with Gasteiger partial charge in [0.2, 0.25) is 5.82 Å². The van der Waals surface area contributed by atoms with Crippen LogP contribution in [0.2, 0.25) is 0 Å². The Labute approximate surface area is 81.8 Å². The van der Waals surface area contributed by atoms with Crippen molar-refractivity contribution in [3.63, 3.8) is 0 Å². The monoisotopic (exact) mass is 248 g/mol. The Kier molecular flexibility index (Phi) is 2.51. The second-order valence-electron chi connectivity index (χ2n) is 2.51. The molecule has 13 heavy (non-hydrogen) atoms. The van der Waals surface area contributed by atoms with E-state index in [0.29, 0.717) is 4.47 Å². The fourth-order valence-corrected chi connectivity index (χ4v) is 1.46. The summed E-state index contributed by atoms with van der Waals surface area (Å²) in [6, 6.07) is 1.40. The molecule has 6 heteroatoms. The molecular weight excluding hydrogens is 243 g/mol. The lowest BCUT2D eigenvalue weighted by Crippen LogP contribution is -2.01. The molecule has 2 N–H and O–H groups in total. The van der Waals surface area contributed by atoms with E-state index in [2.05, 4.69) is 15.9 Å². The second kappa shape index (κ2) is 3.29. The fraction of sp³-hybridized carbons (Fsp3) is 0.143. The third-order valence-electron chi connectivity index (χ3n) is 1.59. The van der Waals surface area contributed by atoms with Crippen molar-refractivity contribution in [1.82, 2.24) is 0 Å². The van der Waals surface area contributed by atoms with Crippen molar-refractivity contribution >= 4 is 27.3 Å². The van der Waals surface area contributed by atoms with Crippen molar-refractivity contribution in [2.75, 3.05) is 5.73 Å². The van der Waals surface area contributed by atoms with Crippen LogP contribution in [0.25, 0.3) is 0 Å². The summed E-state index contributed by atoms with van der Waals surface area (Å²) in [7, 11) is 0. The van der Waals surface area contributed by atoms with Gasteiger partial charge in [0.1, 0.15) is 5.69 Å². The highest BCUT2D eigenvalue weighted by atomic mass is 79.9. The number of nitrogens with two attached hydrogens (primary N) is 1. The molecule has 0 heterocycles. The third kappa shape index (κ3) is 1.62. The normalized spacial score (nSPS) is 10.1. The number of rotatable bonds is 1. The van der Waals surface area contributed by atoms with Gasteiger partial charge in [0.05, 0.1) is 4.92 Å². The Bertz CT molecular complexity index is 355. The van der Waals surface area contributed by atoms with Gasteiger partial charge in [-0.1, -0.05) is 0 Å². The maximum absolute atomic E-state index is 13.2. The van der Waals surface area contributed by atoms with Crippen LogP contribution in [-0.2, 0) is 0 Å². The number of nitro benzene ring substituents is 1. The number of nitrogens with zero attached hydrogens (tertiary/aromatic N) is 1. The first-order valence-electron chi connectivity index (χ1n) is 3.33. The van der Waals surface area contributed by atoms with Gasteiger partial charge < -0.3 is 5.73 Å². The van der Waals surface area contributed by atoms with Crippen LogP contribution in [0.5, 0.6) is 0 Å². The van der Waals surface area contributed by atoms with Gasteiger partial charge in [0.25, 0.3) is 0 Å². The lowest BCUT2D eigenvalue weighted by molar-refractivity contribution is -0.386. The molecule has 0 aromatic heterocycles. The van der Waals surface area contributed by atoms with Crippen LogP contribution < -0.4 is 5.73 Å². The molecule has 4 nitrogen and oxygen atoms in total. The van der Waals surface area contributed by atoms with Gasteiger partial charge in [0.15, 0.2) is 0 Å². The molecule has 1 aromatic carbocycles. The summed E-state index contributed by atoms with van der Waals surface area (Å²) >= 11 is 3.00. The average molecular weight is 249 g/mol. The second-order valence-corrected chi connectivity index (χ2v) is 3.36. The molecular formula is C7H6BrFN2O2. The summed E-state index contributed by atoms with van der Waals surface area (Å²) in [5.41, 5.74) is 4.65. The lowest BCUT2D eigenvalue weighted by atomic mass is 10.2. The molecule has 70 valence electrons. The highest BCUT2D eigenvalue weighted by Crippen LogP contribution is 2.33. The number of hydrogen-bond donors (Lipinski definition) is 1. The summed E-state index contributed by atoms with van der Waals surface area (Å²) in [6.45, 7) is 1.44. The largest absolute Gasteiger partial charge is 0.392 e. The Morgan fingerprint density at radius 2 is 2.23 bits per heavy atom. The molecule has 0 radical (unpaired) electrons. The minimum atomic E-state index is -0.884. The molecule has 0 amide bonds. The molecule has 0 saturated carbocycles. The van der Waals surface area contributed by atoms with Crippen LogP contribution in [0.15, 0.2) is 10.5 Å². The SMILES string of the molecule is Cc1cc(Br)c(N)c([N+](=O)[O-])c1F. The van der Waals surface area contributed by atoms with E-state index in [9.17, 15) is 14.5 Å². The third-order valence-corrected chi connectivity index (χ3v) is 2.25. The minimum Gasteiger partial charge on any atom is -0.392 e. The Morgan fingerprint density at radius 3 is 2.69 bits per heavy atom. The van der Waals surface area contributed by atoms with E-state index in [1.165, 1.54) is 13.0 Å². The molecule has 0 aliphatic heterocycles. The van der Waals surface area contributed by atoms with Gasteiger partial charge >= 0.3 is 5.69 Å². The number of aryl methyl sites for hydroxylation is 1.